The number of hydrogen-bond donors (Lipinski definition) is 3. The number of piperidine rings is 1. The Morgan fingerprint density at radius 3 is 2.24 bits per heavy atom. The Morgan fingerprint density at radius 2 is 1.66 bits per heavy atom. The van der Waals surface area contributed by atoms with Crippen molar-refractivity contribution in [2.24, 2.45) is 0 Å². The molecule has 0 unspecified atom stereocenters. The van der Waals surface area contributed by atoms with E-state index in [9.17, 15) is 40.3 Å². The molecule has 3 amide bonds. The van der Waals surface area contributed by atoms with Gasteiger partial charge in [-0.3, -0.25) is 4.79 Å². The second-order valence-electron chi connectivity index (χ2n) is 9.63. The van der Waals surface area contributed by atoms with Crippen molar-refractivity contribution in [1.82, 2.24) is 15.5 Å². The van der Waals surface area contributed by atoms with Crippen LogP contribution in [0.3, 0.4) is 0 Å². The summed E-state index contributed by atoms with van der Waals surface area (Å²) in [5.41, 5.74) is -1.72. The van der Waals surface area contributed by atoms with Gasteiger partial charge in [-0.1, -0.05) is 6.07 Å². The fraction of sp³-hybridized carbons (Fsp3) is 0.481. The lowest BCUT2D eigenvalue weighted by atomic mass is 9.92. The number of nitrogens with one attached hydrogen (secondary N) is 2. The van der Waals surface area contributed by atoms with Crippen LogP contribution in [-0.2, 0) is 23.6 Å². The molecule has 1 aliphatic rings. The highest BCUT2D eigenvalue weighted by Gasteiger charge is 2.37. The van der Waals surface area contributed by atoms with Gasteiger partial charge in [0, 0.05) is 30.6 Å². The molecular formula is C27H30F7N3O3S. The van der Waals surface area contributed by atoms with E-state index in [4.69, 9.17) is 5.11 Å². The van der Waals surface area contributed by atoms with Gasteiger partial charge in [0.2, 0.25) is 5.91 Å². The number of aliphatic hydroxyl groups excluding tert-OH is 1. The molecule has 1 aliphatic heterocycles. The molecule has 2 aromatic rings. The second kappa shape index (κ2) is 13.8. The number of urea groups is 1. The van der Waals surface area contributed by atoms with Gasteiger partial charge in [0.25, 0.3) is 0 Å². The lowest BCUT2D eigenvalue weighted by molar-refractivity contribution is -0.143. The Kier molecular flexibility index (Phi) is 10.9. The van der Waals surface area contributed by atoms with Crippen molar-refractivity contribution in [3.63, 3.8) is 0 Å². The first-order chi connectivity index (χ1) is 19.2. The molecule has 226 valence electrons. The molecule has 3 rings (SSSR count). The van der Waals surface area contributed by atoms with Crippen molar-refractivity contribution in [3.05, 3.63) is 70.0 Å². The van der Waals surface area contributed by atoms with Crippen molar-refractivity contribution >= 4 is 23.7 Å². The van der Waals surface area contributed by atoms with Crippen LogP contribution in [0.25, 0.3) is 0 Å². The molecule has 2 aromatic carbocycles. The van der Waals surface area contributed by atoms with E-state index >= 15 is 0 Å². The minimum Gasteiger partial charge on any atom is -0.387 e. The Morgan fingerprint density at radius 1 is 1.00 bits per heavy atom. The summed E-state index contributed by atoms with van der Waals surface area (Å²) < 4.78 is 92.8. The lowest BCUT2D eigenvalue weighted by Crippen LogP contribution is -2.47. The molecule has 0 radical (unpaired) electrons. The summed E-state index contributed by atoms with van der Waals surface area (Å²) in [7, 11) is 0. The van der Waals surface area contributed by atoms with Crippen LogP contribution in [0.1, 0.15) is 46.7 Å². The predicted octanol–water partition coefficient (Wildman–Crippen LogP) is 5.47. The van der Waals surface area contributed by atoms with Crippen LogP contribution < -0.4 is 10.6 Å². The van der Waals surface area contributed by atoms with Gasteiger partial charge >= 0.3 is 18.4 Å². The van der Waals surface area contributed by atoms with Gasteiger partial charge in [0.1, 0.15) is 12.4 Å². The number of benzene rings is 2. The number of carbonyl (C=O) groups is 2. The summed E-state index contributed by atoms with van der Waals surface area (Å²) in [5.74, 6) is -0.367. The average molecular weight is 610 g/mol. The summed E-state index contributed by atoms with van der Waals surface area (Å²) >= 11 is 1.58. The first-order valence-corrected chi connectivity index (χ1v) is 13.8. The predicted molar refractivity (Wildman–Crippen MR) is 140 cm³/mol. The third-order valence-electron chi connectivity index (χ3n) is 6.66. The molecule has 0 aliphatic carbocycles. The van der Waals surface area contributed by atoms with E-state index in [0.717, 1.165) is 0 Å². The average Bonchev–Trinajstić information content (AvgIpc) is 2.89. The smallest absolute Gasteiger partial charge is 0.387 e. The van der Waals surface area contributed by atoms with Crippen molar-refractivity contribution in [2.45, 2.75) is 49.8 Å². The molecule has 6 nitrogen and oxygen atoms in total. The Bertz CT molecular complexity index is 1190. The third-order valence-corrected chi connectivity index (χ3v) is 8.00. The topological polar surface area (TPSA) is 81.7 Å². The maximum Gasteiger partial charge on any atom is 0.416 e. The molecule has 0 aromatic heterocycles. The molecule has 1 fully saturated rings. The molecule has 2 atom stereocenters. The van der Waals surface area contributed by atoms with Crippen molar-refractivity contribution in [1.29, 1.82) is 0 Å². The summed E-state index contributed by atoms with van der Waals surface area (Å²) in [6, 6.07) is 4.55. The largest absolute Gasteiger partial charge is 0.416 e. The summed E-state index contributed by atoms with van der Waals surface area (Å²) in [4.78, 5) is 25.9. The number of hydrogen-bond acceptors (Lipinski definition) is 4. The second-order valence-corrected chi connectivity index (χ2v) is 11.0. The van der Waals surface area contributed by atoms with Gasteiger partial charge in [-0.2, -0.15) is 38.1 Å². The zero-order valence-electron chi connectivity index (χ0n) is 22.0. The van der Waals surface area contributed by atoms with E-state index in [1.807, 2.05) is 0 Å². The molecule has 1 heterocycles. The minimum atomic E-state index is -4.97. The zero-order valence-corrected chi connectivity index (χ0v) is 22.9. The standard InChI is InChI=1S/C27H30F7N3O3S/c1-16-10-20(28)2-3-22(16)23-14-21(41-9-7-35-24(39)15-38)5-8-37(23)25(40)36-6-4-17-11-18(26(29,30)31)13-19(12-17)27(32,33)34/h2-3,10-13,21,23,38H,4-9,14-15H2,1H3,(H,35,39)(H,36,40)/t21-,23+/m0/s1. The number of carbonyl (C=O) groups excluding carboxylic acids is 2. The number of thioether (sulfide) groups is 1. The highest BCUT2D eigenvalue weighted by molar-refractivity contribution is 7.99. The van der Waals surface area contributed by atoms with Crippen molar-refractivity contribution in [3.8, 4) is 0 Å². The number of aliphatic hydroxyl groups is 1. The van der Waals surface area contributed by atoms with Gasteiger partial charge < -0.3 is 20.6 Å². The first-order valence-electron chi connectivity index (χ1n) is 12.8. The van der Waals surface area contributed by atoms with E-state index in [-0.39, 0.29) is 29.8 Å². The SMILES string of the molecule is Cc1cc(F)ccc1[C@H]1C[C@@H](SCCNC(=O)CO)CCN1C(=O)NCCc1cc(C(F)(F)F)cc(C(F)(F)F)c1. The molecule has 1 saturated heterocycles. The van der Waals surface area contributed by atoms with Crippen LogP contribution in [0.15, 0.2) is 36.4 Å². The van der Waals surface area contributed by atoms with Crippen LogP contribution in [0.2, 0.25) is 0 Å². The van der Waals surface area contributed by atoms with E-state index in [1.165, 1.54) is 17.0 Å². The quantitative estimate of drug-likeness (QED) is 0.260. The molecule has 0 saturated carbocycles. The molecular weight excluding hydrogens is 579 g/mol. The fourth-order valence-corrected chi connectivity index (χ4v) is 5.83. The van der Waals surface area contributed by atoms with Gasteiger partial charge in [0.05, 0.1) is 17.2 Å². The zero-order chi connectivity index (χ0) is 30.4. The number of nitrogens with zero attached hydrogens (tertiary/aromatic N) is 1. The van der Waals surface area contributed by atoms with Crippen LogP contribution in [0.4, 0.5) is 35.5 Å². The maximum atomic E-state index is 13.8. The first kappa shape index (κ1) is 32.5. The normalized spacial score (nSPS) is 17.8. The number of rotatable bonds is 9. The maximum absolute atomic E-state index is 13.8. The highest BCUT2D eigenvalue weighted by atomic mass is 32.2. The van der Waals surface area contributed by atoms with Crippen molar-refractivity contribution < 1.29 is 45.4 Å². The van der Waals surface area contributed by atoms with Gasteiger partial charge in [0.15, 0.2) is 0 Å². The Labute approximate surface area is 236 Å². The summed E-state index contributed by atoms with van der Waals surface area (Å²) in [6.45, 7) is 1.54. The van der Waals surface area contributed by atoms with Crippen LogP contribution in [-0.4, -0.2) is 59.2 Å². The Balaban J connectivity index is 1.70. The Hall–Kier alpha value is -3.00. The van der Waals surface area contributed by atoms with Crippen LogP contribution >= 0.6 is 11.8 Å². The number of amides is 3. The number of alkyl halides is 6. The van der Waals surface area contributed by atoms with E-state index < -0.39 is 53.9 Å². The van der Waals surface area contributed by atoms with E-state index in [0.29, 0.717) is 54.9 Å². The summed E-state index contributed by atoms with van der Waals surface area (Å²) in [5, 5.41) is 14.1. The molecule has 0 bridgehead atoms. The monoisotopic (exact) mass is 609 g/mol. The van der Waals surface area contributed by atoms with Gasteiger partial charge in [-0.15, -0.1) is 0 Å². The van der Waals surface area contributed by atoms with Crippen LogP contribution in [0.5, 0.6) is 0 Å². The molecule has 41 heavy (non-hydrogen) atoms. The van der Waals surface area contributed by atoms with E-state index in [1.54, 1.807) is 24.8 Å². The van der Waals surface area contributed by atoms with Crippen LogP contribution in [0, 0.1) is 12.7 Å². The fourth-order valence-electron chi connectivity index (χ4n) is 4.69. The molecule has 0 spiro atoms. The lowest BCUT2D eigenvalue weighted by Gasteiger charge is -2.40. The number of halogens is 7. The highest BCUT2D eigenvalue weighted by Crippen LogP contribution is 2.38. The van der Waals surface area contributed by atoms with Gasteiger partial charge in [-0.05, 0) is 73.2 Å². The summed E-state index contributed by atoms with van der Waals surface area (Å²) in [6.07, 6.45) is -9.10. The molecule has 3 N–H and O–H groups in total. The minimum absolute atomic E-state index is 0.0560. The third kappa shape index (κ3) is 9.25. The van der Waals surface area contributed by atoms with E-state index in [2.05, 4.69) is 10.6 Å². The number of aryl methyl sites for hydroxylation is 1. The van der Waals surface area contributed by atoms with Crippen molar-refractivity contribution in [2.75, 3.05) is 32.0 Å². The number of likely N-dealkylation sites (tertiary alicyclic amines) is 1. The molecule has 14 heteroatoms. The van der Waals surface area contributed by atoms with Gasteiger partial charge in [-0.25, -0.2) is 9.18 Å².